The van der Waals surface area contributed by atoms with Gasteiger partial charge >= 0.3 is 0 Å². The molecule has 4 aliphatic carbocycles. The third kappa shape index (κ3) is 17.4. The number of alkyl halides is 2. The summed E-state index contributed by atoms with van der Waals surface area (Å²) in [6.07, 6.45) is 17.5. The van der Waals surface area contributed by atoms with E-state index in [4.69, 9.17) is 11.6 Å². The highest BCUT2D eigenvalue weighted by atomic mass is 35.5. The lowest BCUT2D eigenvalue weighted by Gasteiger charge is -2.25. The van der Waals surface area contributed by atoms with E-state index in [1.165, 1.54) is 93.0 Å². The third-order valence-corrected chi connectivity index (χ3v) is 21.0. The number of hydrogen-bond donors (Lipinski definition) is 8. The van der Waals surface area contributed by atoms with Crippen LogP contribution < -0.4 is 40.9 Å². The summed E-state index contributed by atoms with van der Waals surface area (Å²) >= 11 is 6.03. The predicted molar refractivity (Wildman–Crippen MR) is 403 cm³/mol. The molecule has 0 radical (unpaired) electrons. The van der Waals surface area contributed by atoms with Crippen molar-refractivity contribution in [1.82, 2.24) is 101 Å². The molecule has 0 bridgehead atoms. The monoisotopic (exact) mass is 1530 g/mol. The van der Waals surface area contributed by atoms with Gasteiger partial charge in [-0.3, -0.25) is 20.4 Å². The molecule has 35 heteroatoms. The topological polar surface area (TPSA) is 330 Å². The van der Waals surface area contributed by atoms with Crippen LogP contribution in [0.15, 0.2) is 141 Å². The quantitative estimate of drug-likeness (QED) is 0.0329. The zero-order valence-electron chi connectivity index (χ0n) is 59.9. The summed E-state index contributed by atoms with van der Waals surface area (Å²) < 4.78 is 83.5. The van der Waals surface area contributed by atoms with Gasteiger partial charge < -0.3 is 40.9 Å². The van der Waals surface area contributed by atoms with E-state index in [2.05, 4.69) is 139 Å². The Hall–Kier alpha value is -12.0. The maximum atomic E-state index is 14.3. The van der Waals surface area contributed by atoms with Crippen molar-refractivity contribution in [2.75, 3.05) is 67.0 Å². The molecule has 4 saturated carbocycles. The van der Waals surface area contributed by atoms with Crippen molar-refractivity contribution in [1.29, 1.82) is 0 Å². The van der Waals surface area contributed by atoms with Crippen molar-refractivity contribution in [3.63, 3.8) is 0 Å². The average Bonchev–Trinajstić information content (AvgIpc) is 1.74. The van der Waals surface area contributed by atoms with Gasteiger partial charge in [0.2, 0.25) is 47.6 Å². The Labute approximate surface area is 637 Å². The van der Waals surface area contributed by atoms with Gasteiger partial charge in [-0.1, -0.05) is 60.1 Å². The molecule has 4 saturated heterocycles. The Balaban J connectivity index is 0.000000108. The van der Waals surface area contributed by atoms with E-state index in [1.807, 2.05) is 53.4 Å². The normalized spacial score (nSPS) is 20.6. The summed E-state index contributed by atoms with van der Waals surface area (Å²) in [6.45, 7) is 1.90. The maximum absolute atomic E-state index is 14.3. The third-order valence-electron chi connectivity index (χ3n) is 20.8. The zero-order chi connectivity index (χ0) is 75.5. The first kappa shape index (κ1) is 71.9. The number of aromatic nitrogens is 20. The molecule has 8 N–H and O–H groups in total. The fourth-order valence-corrected chi connectivity index (χ4v) is 14.7. The molecule has 8 fully saturated rings. The molecule has 570 valence electrons. The smallest absolute Gasteiger partial charge is 0.233 e. The molecule has 6 atom stereocenters. The SMILES string of the molecule is Clc1ccc(C2CCCN2c2ncnc(Nc3cc(C4CC4)[nH]n3)n2)cc1.Fc1ccc(C2CC(F)CN2c2ncnc(Nc3cc(C4CC4)[nH]n3)n2)c(F)c1.Fc1ccc(C2CC(F)CN2c2ncnc(Nc3cc(C4CC4)[nH]n3)n2)cc1.Fc1ccccc1C1CCCN1c1ncnc(Nc2cc(C3CC3)[nH]n2)n1. The maximum Gasteiger partial charge on any atom is 0.233 e. The molecule has 0 spiro atoms. The minimum Gasteiger partial charge on any atom is -0.334 e. The Morgan fingerprint density at radius 3 is 1.16 bits per heavy atom. The van der Waals surface area contributed by atoms with E-state index in [0.717, 1.165) is 97.2 Å². The molecule has 4 aromatic carbocycles. The summed E-state index contributed by atoms with van der Waals surface area (Å²) in [7, 11) is 0. The largest absolute Gasteiger partial charge is 0.334 e. The van der Waals surface area contributed by atoms with Crippen molar-refractivity contribution in [3.05, 3.63) is 214 Å². The molecule has 4 aliphatic heterocycles. The van der Waals surface area contributed by atoms with Crippen molar-refractivity contribution >= 4 is 82.5 Å². The molecule has 8 aliphatic rings. The van der Waals surface area contributed by atoms with E-state index in [-0.39, 0.29) is 66.7 Å². The molecule has 20 rings (SSSR count). The van der Waals surface area contributed by atoms with Crippen molar-refractivity contribution in [2.45, 2.75) is 150 Å². The Kier molecular flexibility index (Phi) is 20.7. The lowest BCUT2D eigenvalue weighted by atomic mass is 10.0. The summed E-state index contributed by atoms with van der Waals surface area (Å²) in [5.74, 6) is 6.47. The second kappa shape index (κ2) is 31.9. The van der Waals surface area contributed by atoms with Crippen LogP contribution in [0.1, 0.15) is 183 Å². The lowest BCUT2D eigenvalue weighted by molar-refractivity contribution is 0.355. The second-order valence-corrected chi connectivity index (χ2v) is 29.3. The molecule has 6 unspecified atom stereocenters. The standard InChI is InChI=1S/C19H20ClN7.C19H18F3N7.C19H19F2N7.C19H20FN7/c20-14-7-5-13(6-8-14)16-2-1-9-27(16)19-22-11-21-18(24-19)23-17-10-15(25-26-17)12-3-4-12;20-11-3-4-13(14(22)5-11)16-6-12(21)8-29(16)19-24-9-23-18(26-19)25-17-7-15(27-28-17)10-1-2-10;20-13-5-3-12(4-6-13)16-7-14(21)9-28(16)19-23-10-22-18(25-19)24-17-8-15(26-27-17)11-1-2-11;20-14-5-2-1-4-13(14)16-6-3-9-27(16)19-22-11-21-18(24-19)23-17-10-15(25-26-17)12-7-8-12/h5-8,10-12,16H,1-4,9H2,(H2,21,22,23,24,25,26);3-5,7,9-10,12,16H,1-2,6,8H2,(H2,23,24,25,26,27,28);3-6,8,10-11,14,16H,1-2,7,9H2,(H2,22,23,24,25,26,27);1-2,4-5,10-12,16H,3,6-9H2,(H2,21,22,23,24,25,26). The summed E-state index contributed by atoms with van der Waals surface area (Å²) in [4.78, 5) is 59.4. The van der Waals surface area contributed by atoms with Gasteiger partial charge in [-0.2, -0.15) is 40.3 Å². The highest BCUT2D eigenvalue weighted by molar-refractivity contribution is 6.30. The molecular weight excluding hydrogens is 1450 g/mol. The van der Waals surface area contributed by atoms with Gasteiger partial charge in [0.05, 0.1) is 37.3 Å². The first-order chi connectivity index (χ1) is 54.3. The van der Waals surface area contributed by atoms with Gasteiger partial charge in [0, 0.05) is 119 Å². The van der Waals surface area contributed by atoms with Crippen molar-refractivity contribution in [2.24, 2.45) is 0 Å². The predicted octanol–water partition coefficient (Wildman–Crippen LogP) is 15.3. The minimum atomic E-state index is -1.18. The molecular formula is C76H77ClF6N28. The number of benzene rings is 4. The number of aromatic amines is 4. The van der Waals surface area contributed by atoms with Crippen LogP contribution in [0.5, 0.6) is 0 Å². The summed E-state index contributed by atoms with van der Waals surface area (Å²) in [6, 6.07) is 31.6. The highest BCUT2D eigenvalue weighted by Crippen LogP contribution is 2.45. The van der Waals surface area contributed by atoms with E-state index in [0.29, 0.717) is 88.8 Å². The fourth-order valence-electron chi connectivity index (χ4n) is 14.6. The van der Waals surface area contributed by atoms with Gasteiger partial charge in [-0.05, 0) is 125 Å². The van der Waals surface area contributed by atoms with Gasteiger partial charge in [0.25, 0.3) is 0 Å². The van der Waals surface area contributed by atoms with Crippen LogP contribution in [0.4, 0.5) is 97.2 Å². The number of halogens is 7. The molecule has 28 nitrogen and oxygen atoms in total. The van der Waals surface area contributed by atoms with Crippen LogP contribution >= 0.6 is 11.6 Å². The number of H-pyrrole nitrogens is 4. The van der Waals surface area contributed by atoms with Gasteiger partial charge in [-0.25, -0.2) is 66.2 Å². The second-order valence-electron chi connectivity index (χ2n) is 28.9. The van der Waals surface area contributed by atoms with Gasteiger partial charge in [-0.15, -0.1) is 0 Å². The van der Waals surface area contributed by atoms with E-state index >= 15 is 0 Å². The first-order valence-electron chi connectivity index (χ1n) is 37.4. The average molecular weight is 1530 g/mol. The van der Waals surface area contributed by atoms with Crippen LogP contribution in [0.3, 0.4) is 0 Å². The Morgan fingerprint density at radius 2 is 0.730 bits per heavy atom. The molecule has 0 amide bonds. The number of nitrogens with zero attached hydrogens (tertiary/aromatic N) is 20. The minimum absolute atomic E-state index is 0.0131. The zero-order valence-corrected chi connectivity index (χ0v) is 60.6. The lowest BCUT2D eigenvalue weighted by Crippen LogP contribution is -2.26. The number of rotatable bonds is 20. The van der Waals surface area contributed by atoms with E-state index in [9.17, 15) is 26.3 Å². The van der Waals surface area contributed by atoms with Gasteiger partial charge in [0.1, 0.15) is 60.9 Å². The summed E-state index contributed by atoms with van der Waals surface area (Å²) in [5, 5.41) is 42.3. The van der Waals surface area contributed by atoms with Crippen LogP contribution in [0, 0.1) is 23.3 Å². The Morgan fingerprint density at radius 1 is 0.360 bits per heavy atom. The fraction of sp³-hybridized carbons (Fsp3) is 0.368. The molecule has 12 heterocycles. The summed E-state index contributed by atoms with van der Waals surface area (Å²) in [5.41, 5.74) is 7.45. The molecule has 111 heavy (non-hydrogen) atoms. The number of nitrogens with one attached hydrogen (secondary N) is 8. The van der Waals surface area contributed by atoms with Gasteiger partial charge in [0.15, 0.2) is 23.3 Å². The first-order valence-corrected chi connectivity index (χ1v) is 37.7. The molecule has 8 aromatic heterocycles. The van der Waals surface area contributed by atoms with Crippen LogP contribution in [-0.4, -0.2) is 139 Å². The highest BCUT2D eigenvalue weighted by Gasteiger charge is 2.39. The van der Waals surface area contributed by atoms with E-state index in [1.54, 1.807) is 34.3 Å². The van der Waals surface area contributed by atoms with Crippen LogP contribution in [-0.2, 0) is 0 Å². The van der Waals surface area contributed by atoms with Crippen LogP contribution in [0.25, 0.3) is 0 Å². The van der Waals surface area contributed by atoms with Crippen molar-refractivity contribution in [3.8, 4) is 0 Å². The Bertz CT molecular complexity index is 5170. The number of anilines is 12. The van der Waals surface area contributed by atoms with Crippen molar-refractivity contribution < 1.29 is 26.3 Å². The van der Waals surface area contributed by atoms with E-state index < -0.39 is 30.0 Å². The molecule has 12 aromatic rings. The van der Waals surface area contributed by atoms with Crippen LogP contribution in [0.2, 0.25) is 5.02 Å². The number of hydrogen-bond acceptors (Lipinski definition) is 24.